The molecule has 0 saturated carbocycles. The second-order valence-corrected chi connectivity index (χ2v) is 6.81. The molecule has 20 heavy (non-hydrogen) atoms. The highest BCUT2D eigenvalue weighted by molar-refractivity contribution is 6.30. The summed E-state index contributed by atoms with van der Waals surface area (Å²) < 4.78 is 6.23. The molecule has 4 unspecified atom stereocenters. The molecule has 0 bridgehead atoms. The van der Waals surface area contributed by atoms with E-state index in [1.165, 1.54) is 12.0 Å². The van der Waals surface area contributed by atoms with Crippen molar-refractivity contribution < 1.29 is 4.74 Å². The van der Waals surface area contributed by atoms with Gasteiger partial charge in [-0.05, 0) is 43.9 Å². The van der Waals surface area contributed by atoms with Gasteiger partial charge in [-0.15, -0.1) is 0 Å². The summed E-state index contributed by atoms with van der Waals surface area (Å²) in [5.41, 5.74) is 8.85. The van der Waals surface area contributed by atoms with Gasteiger partial charge in [0.05, 0.1) is 0 Å². The van der Waals surface area contributed by atoms with Crippen molar-refractivity contribution in [2.45, 2.75) is 45.3 Å². The van der Waals surface area contributed by atoms with Gasteiger partial charge in [-0.2, -0.15) is 0 Å². The van der Waals surface area contributed by atoms with Crippen LogP contribution in [0.25, 0.3) is 0 Å². The molecule has 108 valence electrons. The number of rotatable bonds is 1. The third-order valence-electron chi connectivity index (χ3n) is 4.49. The number of hydrogen-bond donors (Lipinski definition) is 1. The standard InChI is InChI=1S/C17H22ClNO/c1-10-5-11(2)7-12(6-10)17-9-15(19)14-8-13(18)3-4-16(14)20-17/h3-5,8,10,12,15,17H,6-7,9,19H2,1-2H3. The lowest BCUT2D eigenvalue weighted by Gasteiger charge is -2.38. The van der Waals surface area contributed by atoms with E-state index in [4.69, 9.17) is 22.1 Å². The summed E-state index contributed by atoms with van der Waals surface area (Å²) in [4.78, 5) is 0. The summed E-state index contributed by atoms with van der Waals surface area (Å²) in [6.45, 7) is 4.51. The van der Waals surface area contributed by atoms with Crippen LogP contribution in [-0.2, 0) is 0 Å². The summed E-state index contributed by atoms with van der Waals surface area (Å²) >= 11 is 6.05. The highest BCUT2D eigenvalue weighted by Gasteiger charge is 2.33. The minimum absolute atomic E-state index is 0.0315. The molecule has 3 rings (SSSR count). The van der Waals surface area contributed by atoms with Gasteiger partial charge < -0.3 is 10.5 Å². The second-order valence-electron chi connectivity index (χ2n) is 6.37. The van der Waals surface area contributed by atoms with Crippen LogP contribution in [-0.4, -0.2) is 6.10 Å². The van der Waals surface area contributed by atoms with Gasteiger partial charge in [-0.3, -0.25) is 0 Å². The second kappa shape index (κ2) is 5.42. The molecule has 4 atom stereocenters. The minimum Gasteiger partial charge on any atom is -0.490 e. The zero-order chi connectivity index (χ0) is 14.3. The monoisotopic (exact) mass is 291 g/mol. The van der Waals surface area contributed by atoms with E-state index in [1.807, 2.05) is 18.2 Å². The summed E-state index contributed by atoms with van der Waals surface area (Å²) in [6, 6.07) is 5.80. The summed E-state index contributed by atoms with van der Waals surface area (Å²) in [6.07, 6.45) is 5.82. The molecule has 0 radical (unpaired) electrons. The summed E-state index contributed by atoms with van der Waals surface area (Å²) in [7, 11) is 0. The SMILES string of the molecule is CC1=CC(C)CC(C2CC(N)c3cc(Cl)ccc3O2)C1. The lowest BCUT2D eigenvalue weighted by molar-refractivity contribution is 0.0858. The molecule has 0 aromatic heterocycles. The Morgan fingerprint density at radius 1 is 1.30 bits per heavy atom. The fourth-order valence-electron chi connectivity index (χ4n) is 3.67. The third kappa shape index (κ3) is 2.72. The number of benzene rings is 1. The Labute approximate surface area is 126 Å². The molecule has 1 aliphatic heterocycles. The zero-order valence-electron chi connectivity index (χ0n) is 12.1. The third-order valence-corrected chi connectivity index (χ3v) is 4.72. The Hall–Kier alpha value is -0.990. The first-order valence-electron chi connectivity index (χ1n) is 7.42. The highest BCUT2D eigenvalue weighted by Crippen LogP contribution is 2.41. The maximum absolute atomic E-state index is 6.33. The molecule has 1 heterocycles. The maximum atomic E-state index is 6.33. The molecule has 0 amide bonds. The largest absolute Gasteiger partial charge is 0.490 e. The molecule has 0 spiro atoms. The first kappa shape index (κ1) is 14.0. The minimum atomic E-state index is 0.0315. The van der Waals surface area contributed by atoms with Crippen LogP contribution in [0.4, 0.5) is 0 Å². The Kier molecular flexibility index (Phi) is 3.78. The van der Waals surface area contributed by atoms with Gasteiger partial charge in [0.2, 0.25) is 0 Å². The van der Waals surface area contributed by atoms with Crippen LogP contribution < -0.4 is 10.5 Å². The summed E-state index contributed by atoms with van der Waals surface area (Å²) in [5.74, 6) is 2.13. The molecule has 2 N–H and O–H groups in total. The fourth-order valence-corrected chi connectivity index (χ4v) is 3.85. The van der Waals surface area contributed by atoms with Crippen molar-refractivity contribution in [3.05, 3.63) is 40.4 Å². The Bertz CT molecular complexity index is 540. The molecule has 3 heteroatoms. The average Bonchev–Trinajstić information content (AvgIpc) is 2.38. The van der Waals surface area contributed by atoms with E-state index < -0.39 is 0 Å². The van der Waals surface area contributed by atoms with Crippen molar-refractivity contribution in [2.24, 2.45) is 17.6 Å². The van der Waals surface area contributed by atoms with Crippen molar-refractivity contribution >= 4 is 11.6 Å². The first-order valence-corrected chi connectivity index (χ1v) is 7.79. The van der Waals surface area contributed by atoms with Crippen molar-refractivity contribution in [2.75, 3.05) is 0 Å². The smallest absolute Gasteiger partial charge is 0.124 e. The Morgan fingerprint density at radius 3 is 2.85 bits per heavy atom. The van der Waals surface area contributed by atoms with Crippen molar-refractivity contribution in [1.82, 2.24) is 0 Å². The average molecular weight is 292 g/mol. The predicted octanol–water partition coefficient (Wildman–Crippen LogP) is 4.48. The number of nitrogens with two attached hydrogens (primary N) is 1. The topological polar surface area (TPSA) is 35.2 Å². The molecule has 0 saturated heterocycles. The highest BCUT2D eigenvalue weighted by atomic mass is 35.5. The summed E-state index contributed by atoms with van der Waals surface area (Å²) in [5, 5.41) is 0.728. The van der Waals surface area contributed by atoms with E-state index in [2.05, 4.69) is 19.9 Å². The van der Waals surface area contributed by atoms with E-state index in [0.717, 1.165) is 29.2 Å². The number of allylic oxidation sites excluding steroid dienone is 2. The van der Waals surface area contributed by atoms with Crippen LogP contribution in [0.3, 0.4) is 0 Å². The van der Waals surface area contributed by atoms with Crippen LogP contribution in [0.1, 0.15) is 44.7 Å². The molecule has 0 fully saturated rings. The Balaban J connectivity index is 1.81. The van der Waals surface area contributed by atoms with E-state index >= 15 is 0 Å². The van der Waals surface area contributed by atoms with Gasteiger partial charge >= 0.3 is 0 Å². The molecule has 2 nitrogen and oxygen atoms in total. The normalized spacial score (nSPS) is 33.1. The van der Waals surface area contributed by atoms with Crippen molar-refractivity contribution in [3.63, 3.8) is 0 Å². The molecule has 1 aromatic rings. The van der Waals surface area contributed by atoms with Crippen LogP contribution in [0.5, 0.6) is 5.75 Å². The molecule has 2 aliphatic rings. The van der Waals surface area contributed by atoms with E-state index in [9.17, 15) is 0 Å². The molecular weight excluding hydrogens is 270 g/mol. The van der Waals surface area contributed by atoms with Crippen LogP contribution in [0.15, 0.2) is 29.8 Å². The Morgan fingerprint density at radius 2 is 2.10 bits per heavy atom. The van der Waals surface area contributed by atoms with Gasteiger partial charge in [-0.1, -0.05) is 30.2 Å². The predicted molar refractivity (Wildman–Crippen MR) is 83.1 cm³/mol. The van der Waals surface area contributed by atoms with Gasteiger partial charge in [0.25, 0.3) is 0 Å². The van der Waals surface area contributed by atoms with Crippen LogP contribution in [0, 0.1) is 11.8 Å². The zero-order valence-corrected chi connectivity index (χ0v) is 12.9. The number of fused-ring (bicyclic) bond motifs is 1. The number of ether oxygens (including phenoxy) is 1. The van der Waals surface area contributed by atoms with Gasteiger partial charge in [0, 0.05) is 29.0 Å². The van der Waals surface area contributed by atoms with Gasteiger partial charge in [0.15, 0.2) is 0 Å². The van der Waals surface area contributed by atoms with Crippen LogP contribution >= 0.6 is 11.6 Å². The van der Waals surface area contributed by atoms with Gasteiger partial charge in [-0.25, -0.2) is 0 Å². The van der Waals surface area contributed by atoms with Crippen molar-refractivity contribution in [1.29, 1.82) is 0 Å². The molecular formula is C17H22ClNO. The lowest BCUT2D eigenvalue weighted by atomic mass is 9.78. The van der Waals surface area contributed by atoms with Crippen molar-refractivity contribution in [3.8, 4) is 5.75 Å². The quantitative estimate of drug-likeness (QED) is 0.774. The van der Waals surface area contributed by atoms with E-state index in [-0.39, 0.29) is 12.1 Å². The molecule has 1 aromatic carbocycles. The van der Waals surface area contributed by atoms with Crippen LogP contribution in [0.2, 0.25) is 5.02 Å². The lowest BCUT2D eigenvalue weighted by Crippen LogP contribution is -2.37. The maximum Gasteiger partial charge on any atom is 0.124 e. The van der Waals surface area contributed by atoms with E-state index in [1.54, 1.807) is 0 Å². The fraction of sp³-hybridized carbons (Fsp3) is 0.529. The van der Waals surface area contributed by atoms with Gasteiger partial charge in [0.1, 0.15) is 11.9 Å². The molecule has 1 aliphatic carbocycles. The number of hydrogen-bond acceptors (Lipinski definition) is 2. The first-order chi connectivity index (χ1) is 9.52. The van der Waals surface area contributed by atoms with E-state index in [0.29, 0.717) is 11.8 Å². The number of halogens is 1.